The summed E-state index contributed by atoms with van der Waals surface area (Å²) >= 11 is 0. The zero-order valence-corrected chi connectivity index (χ0v) is 8.93. The lowest BCUT2D eigenvalue weighted by Gasteiger charge is -2.12. The van der Waals surface area contributed by atoms with E-state index < -0.39 is 5.92 Å². The van der Waals surface area contributed by atoms with Crippen LogP contribution in [0.15, 0.2) is 30.5 Å². The number of pyridine rings is 1. The van der Waals surface area contributed by atoms with Gasteiger partial charge in [0.2, 0.25) is 0 Å². The third kappa shape index (κ3) is 2.06. The first kappa shape index (κ1) is 11.4. The van der Waals surface area contributed by atoms with E-state index in [1.165, 1.54) is 24.4 Å². The monoisotopic (exact) mass is 240 g/mol. The smallest absolute Gasteiger partial charge is 0.270 e. The van der Waals surface area contributed by atoms with Gasteiger partial charge in [0.05, 0.1) is 0 Å². The van der Waals surface area contributed by atoms with E-state index in [0.717, 1.165) is 17.6 Å². The van der Waals surface area contributed by atoms with Gasteiger partial charge in [-0.25, -0.2) is 18.3 Å². The normalized spacial score (nSPS) is 11.7. The van der Waals surface area contributed by atoms with Crippen molar-refractivity contribution in [1.82, 2.24) is 9.55 Å². The second-order valence-corrected chi connectivity index (χ2v) is 3.68. The van der Waals surface area contributed by atoms with Gasteiger partial charge in [0.1, 0.15) is 5.82 Å². The fourth-order valence-electron chi connectivity index (χ4n) is 1.46. The minimum atomic E-state index is -3.00. The van der Waals surface area contributed by atoms with Gasteiger partial charge in [0, 0.05) is 30.8 Å². The molecule has 17 heavy (non-hydrogen) atoms. The Morgan fingerprint density at radius 2 is 1.76 bits per heavy atom. The van der Waals surface area contributed by atoms with Crippen molar-refractivity contribution in [2.45, 2.75) is 12.8 Å². The maximum absolute atomic E-state index is 13.1. The summed E-state index contributed by atoms with van der Waals surface area (Å²) in [6, 6.07) is 4.78. The summed E-state index contributed by atoms with van der Waals surface area (Å²) < 4.78 is 27.2. The van der Waals surface area contributed by atoms with Crippen molar-refractivity contribution in [3.05, 3.63) is 36.0 Å². The third-order valence-electron chi connectivity index (χ3n) is 2.32. The number of hydrogen-bond donors (Lipinski definition) is 2. The number of alkyl halides is 2. The van der Waals surface area contributed by atoms with Crippen LogP contribution in [0, 0.1) is 0 Å². The molecule has 0 spiro atoms. The Bertz CT molecular complexity index is 527. The fourth-order valence-corrected chi connectivity index (χ4v) is 1.46. The zero-order valence-electron chi connectivity index (χ0n) is 8.93. The first-order valence-electron chi connectivity index (χ1n) is 4.84. The number of hydrogen-bond acceptors (Lipinski definition) is 3. The molecule has 0 unspecified atom stereocenters. The Labute approximate surface area is 95.8 Å². The van der Waals surface area contributed by atoms with Gasteiger partial charge in [0.25, 0.3) is 5.92 Å². The fraction of sp³-hybridized carbons (Fsp3) is 0.182. The summed E-state index contributed by atoms with van der Waals surface area (Å²) in [6.07, 6.45) is 1.20. The maximum atomic E-state index is 13.1. The van der Waals surface area contributed by atoms with Gasteiger partial charge >= 0.3 is 0 Å². The molecule has 2 N–H and O–H groups in total. The van der Waals surface area contributed by atoms with E-state index in [9.17, 15) is 19.0 Å². The van der Waals surface area contributed by atoms with Crippen LogP contribution in [0.1, 0.15) is 12.5 Å². The highest BCUT2D eigenvalue weighted by molar-refractivity contribution is 5.39. The SMILES string of the molecule is CC(F)(F)c1ccnc(-n2c(O)ccc2O)c1. The Kier molecular flexibility index (Phi) is 2.49. The summed E-state index contributed by atoms with van der Waals surface area (Å²) in [6.45, 7) is 0.765. The Balaban J connectivity index is 2.55. The van der Waals surface area contributed by atoms with Crippen molar-refractivity contribution in [3.8, 4) is 17.6 Å². The molecule has 0 bridgehead atoms. The molecular weight excluding hydrogens is 230 g/mol. The number of aromatic nitrogens is 2. The van der Waals surface area contributed by atoms with Gasteiger partial charge in [-0.2, -0.15) is 0 Å². The maximum Gasteiger partial charge on any atom is 0.270 e. The van der Waals surface area contributed by atoms with E-state index in [2.05, 4.69) is 4.98 Å². The molecule has 0 aromatic carbocycles. The van der Waals surface area contributed by atoms with E-state index in [1.54, 1.807) is 0 Å². The Morgan fingerprint density at radius 1 is 1.18 bits per heavy atom. The van der Waals surface area contributed by atoms with E-state index in [-0.39, 0.29) is 23.1 Å². The van der Waals surface area contributed by atoms with Gasteiger partial charge in [-0.15, -0.1) is 0 Å². The highest BCUT2D eigenvalue weighted by Crippen LogP contribution is 2.30. The van der Waals surface area contributed by atoms with Crippen LogP contribution in [-0.2, 0) is 5.92 Å². The molecule has 0 aliphatic heterocycles. The lowest BCUT2D eigenvalue weighted by molar-refractivity contribution is 0.0173. The molecule has 0 radical (unpaired) electrons. The van der Waals surface area contributed by atoms with Crippen molar-refractivity contribution >= 4 is 0 Å². The highest BCUT2D eigenvalue weighted by Gasteiger charge is 2.25. The number of aromatic hydroxyl groups is 2. The highest BCUT2D eigenvalue weighted by atomic mass is 19.3. The van der Waals surface area contributed by atoms with Crippen LogP contribution in [0.25, 0.3) is 5.82 Å². The molecule has 0 amide bonds. The zero-order chi connectivity index (χ0) is 12.6. The predicted molar refractivity (Wildman–Crippen MR) is 56.5 cm³/mol. The topological polar surface area (TPSA) is 58.3 Å². The van der Waals surface area contributed by atoms with Crippen LogP contribution in [0.5, 0.6) is 11.8 Å². The molecule has 2 aromatic rings. The van der Waals surface area contributed by atoms with Gasteiger partial charge in [-0.05, 0) is 12.1 Å². The molecule has 0 aliphatic rings. The average Bonchev–Trinajstić information content (AvgIpc) is 2.57. The van der Waals surface area contributed by atoms with Gasteiger partial charge in [0.15, 0.2) is 11.8 Å². The summed E-state index contributed by atoms with van der Waals surface area (Å²) in [4.78, 5) is 3.83. The third-order valence-corrected chi connectivity index (χ3v) is 2.32. The van der Waals surface area contributed by atoms with Gasteiger partial charge in [-0.1, -0.05) is 0 Å². The second kappa shape index (κ2) is 3.73. The van der Waals surface area contributed by atoms with Crippen LogP contribution in [0.4, 0.5) is 8.78 Å². The van der Waals surface area contributed by atoms with Gasteiger partial charge in [-0.3, -0.25) is 0 Å². The summed E-state index contributed by atoms with van der Waals surface area (Å²) in [5.41, 5.74) is -0.241. The molecule has 0 saturated heterocycles. The molecule has 4 nitrogen and oxygen atoms in total. The molecule has 2 heterocycles. The van der Waals surface area contributed by atoms with Crippen LogP contribution in [0.2, 0.25) is 0 Å². The molecule has 90 valence electrons. The average molecular weight is 240 g/mol. The number of halogens is 2. The molecule has 0 aliphatic carbocycles. The molecule has 0 atom stereocenters. The van der Waals surface area contributed by atoms with Crippen molar-refractivity contribution < 1.29 is 19.0 Å². The van der Waals surface area contributed by atoms with Crippen LogP contribution >= 0.6 is 0 Å². The summed E-state index contributed by atoms with van der Waals surface area (Å²) in [5, 5.41) is 18.9. The number of rotatable bonds is 2. The second-order valence-electron chi connectivity index (χ2n) is 3.68. The quantitative estimate of drug-likeness (QED) is 0.847. The Morgan fingerprint density at radius 3 is 2.29 bits per heavy atom. The molecule has 0 saturated carbocycles. The minimum absolute atomic E-state index is 0.0315. The van der Waals surface area contributed by atoms with E-state index in [0.29, 0.717) is 0 Å². The van der Waals surface area contributed by atoms with Crippen molar-refractivity contribution in [2.75, 3.05) is 0 Å². The molecular formula is C11H10F2N2O2. The van der Waals surface area contributed by atoms with Crippen LogP contribution in [-0.4, -0.2) is 19.8 Å². The first-order valence-corrected chi connectivity index (χ1v) is 4.84. The largest absolute Gasteiger partial charge is 0.494 e. The minimum Gasteiger partial charge on any atom is -0.494 e. The van der Waals surface area contributed by atoms with E-state index in [1.807, 2.05) is 0 Å². The lowest BCUT2D eigenvalue weighted by Crippen LogP contribution is -2.08. The van der Waals surface area contributed by atoms with Crippen LogP contribution < -0.4 is 0 Å². The lowest BCUT2D eigenvalue weighted by atomic mass is 10.1. The van der Waals surface area contributed by atoms with Crippen molar-refractivity contribution in [1.29, 1.82) is 0 Å². The molecule has 0 fully saturated rings. The molecule has 6 heteroatoms. The van der Waals surface area contributed by atoms with E-state index in [4.69, 9.17) is 0 Å². The predicted octanol–water partition coefficient (Wildman–Crippen LogP) is 2.40. The standard InChI is InChI=1S/C11H10F2N2O2/c1-11(12,13)7-4-5-14-8(6-7)15-9(16)2-3-10(15)17/h2-6,16-17H,1H3. The summed E-state index contributed by atoms with van der Waals surface area (Å²) in [7, 11) is 0. The van der Waals surface area contributed by atoms with Crippen molar-refractivity contribution in [3.63, 3.8) is 0 Å². The number of nitrogens with zero attached hydrogens (tertiary/aromatic N) is 2. The summed E-state index contributed by atoms with van der Waals surface area (Å²) in [5.74, 6) is -3.52. The van der Waals surface area contributed by atoms with Crippen LogP contribution in [0.3, 0.4) is 0 Å². The van der Waals surface area contributed by atoms with Crippen molar-refractivity contribution in [2.24, 2.45) is 0 Å². The van der Waals surface area contributed by atoms with E-state index >= 15 is 0 Å². The molecule has 2 aromatic heterocycles. The van der Waals surface area contributed by atoms with Gasteiger partial charge < -0.3 is 10.2 Å². The molecule has 2 rings (SSSR count). The Hall–Kier alpha value is -2.11. The first-order chi connectivity index (χ1) is 7.89.